The highest BCUT2D eigenvalue weighted by Gasteiger charge is 2.17. The number of nitrogens with zero attached hydrogens (tertiary/aromatic N) is 1. The zero-order chi connectivity index (χ0) is 17.9. The molecule has 0 saturated heterocycles. The van der Waals surface area contributed by atoms with Gasteiger partial charge in [-0.15, -0.1) is 11.3 Å². The van der Waals surface area contributed by atoms with Crippen LogP contribution in [0.15, 0.2) is 76.6 Å². The molecule has 0 radical (unpaired) electrons. The molecule has 26 heavy (non-hydrogen) atoms. The molecule has 1 N–H and O–H groups in total. The number of carbonyl (C=O) groups excluding carboxylic acids is 1. The van der Waals surface area contributed by atoms with Crippen LogP contribution in [-0.2, 0) is 0 Å². The highest BCUT2D eigenvalue weighted by Crippen LogP contribution is 2.39. The molecule has 0 spiro atoms. The number of amides is 1. The van der Waals surface area contributed by atoms with E-state index in [-0.39, 0.29) is 5.91 Å². The van der Waals surface area contributed by atoms with Crippen LogP contribution in [0, 0.1) is 0 Å². The van der Waals surface area contributed by atoms with Crippen molar-refractivity contribution in [2.24, 2.45) is 0 Å². The summed E-state index contributed by atoms with van der Waals surface area (Å²) in [4.78, 5) is 18.9. The summed E-state index contributed by atoms with van der Waals surface area (Å²) in [7, 11) is 0. The number of thiophene rings is 1. The summed E-state index contributed by atoms with van der Waals surface area (Å²) in [6.45, 7) is 0. The molecule has 0 aliphatic rings. The Bertz CT molecular complexity index is 985. The molecule has 4 rings (SSSR count). The fourth-order valence-electron chi connectivity index (χ4n) is 2.55. The highest BCUT2D eigenvalue weighted by molar-refractivity contribution is 9.11. The van der Waals surface area contributed by atoms with Gasteiger partial charge in [0.1, 0.15) is 0 Å². The third-order valence-electron chi connectivity index (χ3n) is 3.73. The minimum absolute atomic E-state index is 0.145. The van der Waals surface area contributed by atoms with Crippen LogP contribution in [0.4, 0.5) is 5.13 Å². The molecule has 3 nitrogen and oxygen atoms in total. The third kappa shape index (κ3) is 3.62. The SMILES string of the molecule is O=C(Nc1nc(-c2ccccc2)c(-c2ccccc2)s1)c1ccc(Br)s1. The lowest BCUT2D eigenvalue weighted by Gasteiger charge is -2.02. The Morgan fingerprint density at radius 1 is 0.846 bits per heavy atom. The Kier molecular flexibility index (Phi) is 4.97. The quantitative estimate of drug-likeness (QED) is 0.390. The van der Waals surface area contributed by atoms with E-state index in [0.29, 0.717) is 10.0 Å². The Morgan fingerprint density at radius 2 is 1.50 bits per heavy atom. The average Bonchev–Trinajstić information content (AvgIpc) is 3.30. The molecule has 0 bridgehead atoms. The number of benzene rings is 2. The fourth-order valence-corrected chi connectivity index (χ4v) is 4.81. The number of rotatable bonds is 4. The van der Waals surface area contributed by atoms with Gasteiger partial charge in [-0.05, 0) is 33.6 Å². The minimum Gasteiger partial charge on any atom is -0.297 e. The van der Waals surface area contributed by atoms with E-state index < -0.39 is 0 Å². The molecule has 0 aliphatic carbocycles. The lowest BCUT2D eigenvalue weighted by molar-refractivity contribution is 0.103. The van der Waals surface area contributed by atoms with Crippen molar-refractivity contribution in [3.8, 4) is 21.7 Å². The van der Waals surface area contributed by atoms with Gasteiger partial charge in [0.25, 0.3) is 5.91 Å². The Labute approximate surface area is 167 Å². The summed E-state index contributed by atoms with van der Waals surface area (Å²) >= 11 is 6.28. The molecule has 2 heterocycles. The largest absolute Gasteiger partial charge is 0.297 e. The number of thiazole rings is 1. The molecular formula is C20H13BrN2OS2. The Morgan fingerprint density at radius 3 is 2.12 bits per heavy atom. The normalized spacial score (nSPS) is 10.7. The second kappa shape index (κ2) is 7.53. The van der Waals surface area contributed by atoms with Crippen molar-refractivity contribution >= 4 is 49.6 Å². The van der Waals surface area contributed by atoms with E-state index in [1.165, 1.54) is 22.7 Å². The van der Waals surface area contributed by atoms with Crippen LogP contribution in [0.1, 0.15) is 9.67 Å². The van der Waals surface area contributed by atoms with E-state index in [1.54, 1.807) is 6.07 Å². The summed E-state index contributed by atoms with van der Waals surface area (Å²) in [5, 5.41) is 3.52. The van der Waals surface area contributed by atoms with E-state index in [9.17, 15) is 4.79 Å². The first-order chi connectivity index (χ1) is 12.7. The molecular weight excluding hydrogens is 428 g/mol. The molecule has 2 aromatic carbocycles. The van der Waals surface area contributed by atoms with Crippen LogP contribution in [0.5, 0.6) is 0 Å². The molecule has 0 atom stereocenters. The Balaban J connectivity index is 1.73. The number of aromatic nitrogens is 1. The van der Waals surface area contributed by atoms with Gasteiger partial charge in [0.05, 0.1) is 19.2 Å². The maximum atomic E-state index is 12.5. The van der Waals surface area contributed by atoms with Crippen molar-refractivity contribution < 1.29 is 4.79 Å². The van der Waals surface area contributed by atoms with Gasteiger partial charge < -0.3 is 0 Å². The van der Waals surface area contributed by atoms with E-state index in [4.69, 9.17) is 4.98 Å². The van der Waals surface area contributed by atoms with Gasteiger partial charge in [-0.25, -0.2) is 4.98 Å². The second-order valence-electron chi connectivity index (χ2n) is 5.49. The molecule has 0 fully saturated rings. The molecule has 0 unspecified atom stereocenters. The summed E-state index contributed by atoms with van der Waals surface area (Å²) in [6, 6.07) is 23.8. The molecule has 4 aromatic rings. The number of halogens is 1. The molecule has 6 heteroatoms. The third-order valence-corrected chi connectivity index (χ3v) is 6.37. The van der Waals surface area contributed by atoms with Crippen molar-refractivity contribution in [3.05, 3.63) is 81.5 Å². The predicted octanol–water partition coefficient (Wildman–Crippen LogP) is 6.55. The van der Waals surface area contributed by atoms with E-state index in [2.05, 4.69) is 33.4 Å². The van der Waals surface area contributed by atoms with Crippen LogP contribution < -0.4 is 5.32 Å². The van der Waals surface area contributed by atoms with Gasteiger partial charge in [0, 0.05) is 5.56 Å². The molecule has 0 aliphatic heterocycles. The maximum absolute atomic E-state index is 12.5. The number of carbonyl (C=O) groups is 1. The highest BCUT2D eigenvalue weighted by atomic mass is 79.9. The van der Waals surface area contributed by atoms with Crippen molar-refractivity contribution in [2.75, 3.05) is 5.32 Å². The van der Waals surface area contributed by atoms with Gasteiger partial charge in [0.15, 0.2) is 5.13 Å². The molecule has 128 valence electrons. The number of anilines is 1. The van der Waals surface area contributed by atoms with Gasteiger partial charge in [-0.1, -0.05) is 72.0 Å². The van der Waals surface area contributed by atoms with Gasteiger partial charge in [-0.3, -0.25) is 10.1 Å². The van der Waals surface area contributed by atoms with Gasteiger partial charge >= 0.3 is 0 Å². The number of hydrogen-bond acceptors (Lipinski definition) is 4. The standard InChI is InChI=1S/C20H13BrN2OS2/c21-16-12-11-15(25-16)19(24)23-20-22-17(13-7-3-1-4-8-13)18(26-20)14-9-5-2-6-10-14/h1-12H,(H,22,23,24). The topological polar surface area (TPSA) is 42.0 Å². The summed E-state index contributed by atoms with van der Waals surface area (Å²) in [6.07, 6.45) is 0. The average molecular weight is 441 g/mol. The number of nitrogens with one attached hydrogen (secondary N) is 1. The molecule has 2 aromatic heterocycles. The summed E-state index contributed by atoms with van der Waals surface area (Å²) < 4.78 is 0.928. The van der Waals surface area contributed by atoms with Crippen molar-refractivity contribution in [1.29, 1.82) is 0 Å². The van der Waals surface area contributed by atoms with Crippen LogP contribution >= 0.6 is 38.6 Å². The molecule has 0 saturated carbocycles. The van der Waals surface area contributed by atoms with Crippen LogP contribution in [0.3, 0.4) is 0 Å². The zero-order valence-electron chi connectivity index (χ0n) is 13.5. The zero-order valence-corrected chi connectivity index (χ0v) is 16.7. The monoisotopic (exact) mass is 440 g/mol. The van der Waals surface area contributed by atoms with Crippen LogP contribution in [0.25, 0.3) is 21.7 Å². The first-order valence-corrected chi connectivity index (χ1v) is 10.3. The van der Waals surface area contributed by atoms with E-state index in [0.717, 1.165) is 25.5 Å². The minimum atomic E-state index is -0.145. The van der Waals surface area contributed by atoms with Crippen molar-refractivity contribution in [1.82, 2.24) is 4.98 Å². The van der Waals surface area contributed by atoms with Gasteiger partial charge in [-0.2, -0.15) is 0 Å². The van der Waals surface area contributed by atoms with Crippen LogP contribution in [-0.4, -0.2) is 10.9 Å². The smallest absolute Gasteiger partial charge is 0.267 e. The molecule has 1 amide bonds. The van der Waals surface area contributed by atoms with E-state index >= 15 is 0 Å². The Hall–Kier alpha value is -2.28. The lowest BCUT2D eigenvalue weighted by Crippen LogP contribution is -2.09. The van der Waals surface area contributed by atoms with Crippen LogP contribution in [0.2, 0.25) is 0 Å². The number of hydrogen-bond donors (Lipinski definition) is 1. The second-order valence-corrected chi connectivity index (χ2v) is 8.95. The van der Waals surface area contributed by atoms with E-state index in [1.807, 2.05) is 54.6 Å². The fraction of sp³-hybridized carbons (Fsp3) is 0. The van der Waals surface area contributed by atoms with Crippen molar-refractivity contribution in [3.63, 3.8) is 0 Å². The van der Waals surface area contributed by atoms with Gasteiger partial charge in [0.2, 0.25) is 0 Å². The first-order valence-electron chi connectivity index (χ1n) is 7.89. The first kappa shape index (κ1) is 17.1. The predicted molar refractivity (Wildman–Crippen MR) is 113 cm³/mol. The van der Waals surface area contributed by atoms with Crippen molar-refractivity contribution in [2.45, 2.75) is 0 Å². The maximum Gasteiger partial charge on any atom is 0.267 e. The summed E-state index contributed by atoms with van der Waals surface area (Å²) in [5.74, 6) is -0.145. The lowest BCUT2D eigenvalue weighted by atomic mass is 10.1. The summed E-state index contributed by atoms with van der Waals surface area (Å²) in [5.41, 5.74) is 3.00.